The number of aryl methyl sites for hydroxylation is 1. The smallest absolute Gasteiger partial charge is 0.170 e. The fourth-order valence-corrected chi connectivity index (χ4v) is 1.91. The molecule has 0 fully saturated rings. The van der Waals surface area contributed by atoms with Crippen LogP contribution < -0.4 is 4.74 Å². The highest BCUT2D eigenvalue weighted by atomic mass is 16.5. The van der Waals surface area contributed by atoms with Crippen LogP contribution in [0.3, 0.4) is 0 Å². The van der Waals surface area contributed by atoms with Crippen molar-refractivity contribution in [2.45, 2.75) is 33.2 Å². The zero-order valence-electron chi connectivity index (χ0n) is 11.9. The van der Waals surface area contributed by atoms with Gasteiger partial charge in [0.25, 0.3) is 0 Å². The second-order valence-electron chi connectivity index (χ2n) is 4.47. The number of carbonyl (C=O) groups excluding carboxylic acids is 1. The fourth-order valence-electron chi connectivity index (χ4n) is 1.91. The van der Waals surface area contributed by atoms with E-state index in [0.717, 1.165) is 12.2 Å². The standard InChI is InChI=1S/C15H19N3O2/c1-3-8-20-13-7-5-6-12(9-13)14(19)10-15-16-11-17-18(15)4-2/h5-7,9,11H,3-4,8,10H2,1-2H3. The Bertz CT molecular complexity index is 578. The first kappa shape index (κ1) is 14.2. The summed E-state index contributed by atoms with van der Waals surface area (Å²) >= 11 is 0. The zero-order chi connectivity index (χ0) is 14.4. The zero-order valence-corrected chi connectivity index (χ0v) is 11.9. The van der Waals surface area contributed by atoms with Gasteiger partial charge in [0, 0.05) is 12.1 Å². The molecule has 0 N–H and O–H groups in total. The molecule has 0 unspecified atom stereocenters. The molecule has 1 aromatic carbocycles. The van der Waals surface area contributed by atoms with E-state index in [1.165, 1.54) is 6.33 Å². The summed E-state index contributed by atoms with van der Waals surface area (Å²) in [6.45, 7) is 5.39. The number of hydrogen-bond donors (Lipinski definition) is 0. The first-order valence-corrected chi connectivity index (χ1v) is 6.87. The number of hydrogen-bond acceptors (Lipinski definition) is 4. The minimum absolute atomic E-state index is 0.0228. The molecule has 0 aliphatic rings. The molecule has 0 atom stereocenters. The molecular formula is C15H19N3O2. The summed E-state index contributed by atoms with van der Waals surface area (Å²) in [5.74, 6) is 1.45. The van der Waals surface area contributed by atoms with Crippen molar-refractivity contribution < 1.29 is 9.53 Å². The molecular weight excluding hydrogens is 254 g/mol. The maximum absolute atomic E-state index is 12.3. The number of nitrogens with zero attached hydrogens (tertiary/aromatic N) is 3. The van der Waals surface area contributed by atoms with Gasteiger partial charge in [-0.3, -0.25) is 4.79 Å². The maximum Gasteiger partial charge on any atom is 0.170 e. The van der Waals surface area contributed by atoms with E-state index in [1.54, 1.807) is 16.8 Å². The Balaban J connectivity index is 2.09. The van der Waals surface area contributed by atoms with E-state index in [4.69, 9.17) is 4.74 Å². The molecule has 1 aromatic heterocycles. The molecule has 0 spiro atoms. The van der Waals surface area contributed by atoms with Crippen molar-refractivity contribution in [3.8, 4) is 5.75 Å². The molecule has 0 saturated heterocycles. The van der Waals surface area contributed by atoms with Gasteiger partial charge in [-0.05, 0) is 25.5 Å². The second-order valence-corrected chi connectivity index (χ2v) is 4.47. The lowest BCUT2D eigenvalue weighted by molar-refractivity contribution is 0.0989. The topological polar surface area (TPSA) is 57.0 Å². The number of carbonyl (C=O) groups is 1. The van der Waals surface area contributed by atoms with Gasteiger partial charge in [0.2, 0.25) is 0 Å². The van der Waals surface area contributed by atoms with Gasteiger partial charge in [-0.15, -0.1) is 0 Å². The molecule has 5 nitrogen and oxygen atoms in total. The number of rotatable bonds is 7. The Labute approximate surface area is 118 Å². The number of Topliss-reactive ketones (excluding diaryl/α,β-unsaturated/α-hetero) is 1. The van der Waals surface area contributed by atoms with E-state index in [2.05, 4.69) is 10.1 Å². The quantitative estimate of drug-likeness (QED) is 0.727. The van der Waals surface area contributed by atoms with Crippen LogP contribution in [-0.4, -0.2) is 27.2 Å². The molecule has 106 valence electrons. The lowest BCUT2D eigenvalue weighted by Crippen LogP contribution is -2.11. The normalized spacial score (nSPS) is 10.5. The van der Waals surface area contributed by atoms with E-state index in [1.807, 2.05) is 26.0 Å². The minimum Gasteiger partial charge on any atom is -0.494 e. The first-order chi connectivity index (χ1) is 9.74. The molecule has 0 aliphatic carbocycles. The molecule has 1 heterocycles. The molecule has 0 bridgehead atoms. The van der Waals surface area contributed by atoms with E-state index in [0.29, 0.717) is 24.5 Å². The minimum atomic E-state index is 0.0228. The van der Waals surface area contributed by atoms with Crippen LogP contribution in [0, 0.1) is 0 Å². The largest absolute Gasteiger partial charge is 0.494 e. The van der Waals surface area contributed by atoms with Gasteiger partial charge in [-0.2, -0.15) is 5.10 Å². The van der Waals surface area contributed by atoms with Crippen LogP contribution in [0.1, 0.15) is 36.5 Å². The van der Waals surface area contributed by atoms with Crippen molar-refractivity contribution in [2.75, 3.05) is 6.61 Å². The first-order valence-electron chi connectivity index (χ1n) is 6.87. The predicted octanol–water partition coefficient (Wildman–Crippen LogP) is 2.51. The molecule has 20 heavy (non-hydrogen) atoms. The van der Waals surface area contributed by atoms with Crippen LogP contribution in [-0.2, 0) is 13.0 Å². The predicted molar refractivity (Wildman–Crippen MR) is 76.0 cm³/mol. The summed E-state index contributed by atoms with van der Waals surface area (Å²) in [5, 5.41) is 4.07. The van der Waals surface area contributed by atoms with Crippen molar-refractivity contribution in [2.24, 2.45) is 0 Å². The van der Waals surface area contributed by atoms with Gasteiger partial charge in [0.05, 0.1) is 13.0 Å². The van der Waals surface area contributed by atoms with E-state index < -0.39 is 0 Å². The Kier molecular flexibility index (Phi) is 4.87. The highest BCUT2D eigenvalue weighted by molar-refractivity contribution is 5.97. The van der Waals surface area contributed by atoms with Crippen molar-refractivity contribution in [1.82, 2.24) is 14.8 Å². The van der Waals surface area contributed by atoms with Crippen LogP contribution in [0.15, 0.2) is 30.6 Å². The highest BCUT2D eigenvalue weighted by Gasteiger charge is 2.12. The van der Waals surface area contributed by atoms with Crippen LogP contribution in [0.4, 0.5) is 0 Å². The maximum atomic E-state index is 12.3. The number of ketones is 1. The SMILES string of the molecule is CCCOc1cccc(C(=O)Cc2ncnn2CC)c1. The average molecular weight is 273 g/mol. The van der Waals surface area contributed by atoms with E-state index in [-0.39, 0.29) is 12.2 Å². The van der Waals surface area contributed by atoms with Gasteiger partial charge in [0.15, 0.2) is 5.78 Å². The molecule has 5 heteroatoms. The van der Waals surface area contributed by atoms with Crippen LogP contribution >= 0.6 is 0 Å². The van der Waals surface area contributed by atoms with E-state index >= 15 is 0 Å². The molecule has 0 saturated carbocycles. The van der Waals surface area contributed by atoms with Gasteiger partial charge >= 0.3 is 0 Å². The van der Waals surface area contributed by atoms with Crippen molar-refractivity contribution in [3.05, 3.63) is 42.0 Å². The van der Waals surface area contributed by atoms with Gasteiger partial charge < -0.3 is 4.74 Å². The van der Waals surface area contributed by atoms with Gasteiger partial charge in [-0.1, -0.05) is 19.1 Å². The van der Waals surface area contributed by atoms with Crippen LogP contribution in [0.25, 0.3) is 0 Å². The summed E-state index contributed by atoms with van der Waals surface area (Å²) in [5.41, 5.74) is 0.643. The lowest BCUT2D eigenvalue weighted by atomic mass is 10.1. The Morgan fingerprint density at radius 1 is 1.35 bits per heavy atom. The van der Waals surface area contributed by atoms with Gasteiger partial charge in [-0.25, -0.2) is 9.67 Å². The van der Waals surface area contributed by atoms with Crippen molar-refractivity contribution in [1.29, 1.82) is 0 Å². The Morgan fingerprint density at radius 3 is 2.95 bits per heavy atom. The third-order valence-corrected chi connectivity index (χ3v) is 2.94. The number of benzene rings is 1. The number of aromatic nitrogens is 3. The van der Waals surface area contributed by atoms with Crippen LogP contribution in [0.2, 0.25) is 0 Å². The fraction of sp³-hybridized carbons (Fsp3) is 0.400. The Morgan fingerprint density at radius 2 is 2.20 bits per heavy atom. The Hall–Kier alpha value is -2.17. The molecule has 0 amide bonds. The van der Waals surface area contributed by atoms with Gasteiger partial charge in [0.1, 0.15) is 17.9 Å². The third kappa shape index (κ3) is 3.44. The number of ether oxygens (including phenoxy) is 1. The summed E-state index contributed by atoms with van der Waals surface area (Å²) in [4.78, 5) is 16.4. The summed E-state index contributed by atoms with van der Waals surface area (Å²) in [6, 6.07) is 7.28. The summed E-state index contributed by atoms with van der Waals surface area (Å²) in [6.07, 6.45) is 2.68. The molecule has 0 aliphatic heterocycles. The van der Waals surface area contributed by atoms with E-state index in [9.17, 15) is 4.79 Å². The second kappa shape index (κ2) is 6.84. The average Bonchev–Trinajstić information content (AvgIpc) is 2.92. The van der Waals surface area contributed by atoms with Crippen molar-refractivity contribution in [3.63, 3.8) is 0 Å². The lowest BCUT2D eigenvalue weighted by Gasteiger charge is -2.07. The summed E-state index contributed by atoms with van der Waals surface area (Å²) in [7, 11) is 0. The molecule has 0 radical (unpaired) electrons. The van der Waals surface area contributed by atoms with Crippen molar-refractivity contribution >= 4 is 5.78 Å². The summed E-state index contributed by atoms with van der Waals surface area (Å²) < 4.78 is 7.27. The molecule has 2 rings (SSSR count). The monoisotopic (exact) mass is 273 g/mol. The van der Waals surface area contributed by atoms with Crippen LogP contribution in [0.5, 0.6) is 5.75 Å². The molecule has 2 aromatic rings. The third-order valence-electron chi connectivity index (χ3n) is 2.94. The highest BCUT2D eigenvalue weighted by Crippen LogP contribution is 2.15.